The summed E-state index contributed by atoms with van der Waals surface area (Å²) < 4.78 is 0. The van der Waals surface area contributed by atoms with Gasteiger partial charge in [-0.1, -0.05) is 13.8 Å². The van der Waals surface area contributed by atoms with Gasteiger partial charge >= 0.3 is 0 Å². The van der Waals surface area contributed by atoms with E-state index < -0.39 is 39.5 Å². The van der Waals surface area contributed by atoms with Gasteiger partial charge in [-0.15, -0.1) is 0 Å². The number of ketones is 1. The Morgan fingerprint density at radius 1 is 1.11 bits per heavy atom. The molecule has 4 N–H and O–H groups in total. The zero-order chi connectivity index (χ0) is 14.4. The summed E-state index contributed by atoms with van der Waals surface area (Å²) in [7, 11) is 0. The molecule has 0 amide bonds. The molecule has 0 saturated heterocycles. The van der Waals surface area contributed by atoms with Crippen LogP contribution in [0, 0.1) is 10.8 Å². The summed E-state index contributed by atoms with van der Waals surface area (Å²) in [6, 6.07) is 0. The van der Waals surface area contributed by atoms with Gasteiger partial charge in [0.15, 0.2) is 17.5 Å². The third kappa shape index (κ3) is 0.843. The molecular weight excluding hydrogens is 240 g/mol. The third-order valence-corrected chi connectivity index (χ3v) is 5.12. The Labute approximate surface area is 104 Å². The van der Waals surface area contributed by atoms with E-state index in [2.05, 4.69) is 0 Å². The quantitative estimate of drug-likeness (QED) is 0.479. The van der Waals surface area contributed by atoms with Gasteiger partial charge in [0, 0.05) is 5.41 Å². The molecule has 6 heteroatoms. The highest BCUT2D eigenvalue weighted by molar-refractivity contribution is 6.13. The first-order valence-corrected chi connectivity index (χ1v) is 5.66. The molecule has 0 aromatic carbocycles. The number of rotatable bonds is 3. The number of Topliss-reactive ketones (excluding diaryl/α,β-unsaturated/α-hetero) is 1. The Morgan fingerprint density at radius 3 is 1.78 bits per heavy atom. The first kappa shape index (κ1) is 13.6. The lowest BCUT2D eigenvalue weighted by molar-refractivity contribution is -0.134. The van der Waals surface area contributed by atoms with Crippen molar-refractivity contribution in [1.82, 2.24) is 0 Å². The van der Waals surface area contributed by atoms with Gasteiger partial charge in [0.2, 0.25) is 6.29 Å². The minimum atomic E-state index is -2.29. The second kappa shape index (κ2) is 2.85. The van der Waals surface area contributed by atoms with Crippen molar-refractivity contribution in [3.05, 3.63) is 0 Å². The molecule has 0 aliphatic heterocycles. The Bertz CT molecular complexity index is 455. The van der Waals surface area contributed by atoms with Crippen LogP contribution in [0.25, 0.3) is 0 Å². The van der Waals surface area contributed by atoms with Crippen LogP contribution in [-0.2, 0) is 9.59 Å². The maximum absolute atomic E-state index is 11.7. The summed E-state index contributed by atoms with van der Waals surface area (Å²) in [6.45, 7) is 5.60. The molecule has 101 valence electrons. The number of hydrogen-bond acceptors (Lipinski definition) is 6. The second-order valence-electron chi connectivity index (χ2n) is 6.29. The van der Waals surface area contributed by atoms with Crippen molar-refractivity contribution >= 4 is 12.1 Å². The van der Waals surface area contributed by atoms with Gasteiger partial charge in [0.1, 0.15) is 11.2 Å². The van der Waals surface area contributed by atoms with Crippen molar-refractivity contribution in [2.75, 3.05) is 0 Å². The molecule has 18 heavy (non-hydrogen) atoms. The molecule has 0 unspecified atom stereocenters. The van der Waals surface area contributed by atoms with E-state index in [-0.39, 0.29) is 0 Å². The first-order chi connectivity index (χ1) is 7.89. The summed E-state index contributed by atoms with van der Waals surface area (Å²) in [6.07, 6.45) is -0.801. The average Bonchev–Trinajstić information content (AvgIpc) is 2.87. The van der Waals surface area contributed by atoms with Gasteiger partial charge in [-0.2, -0.15) is 0 Å². The van der Waals surface area contributed by atoms with Crippen LogP contribution in [-0.4, -0.2) is 55.4 Å². The summed E-state index contributed by atoms with van der Waals surface area (Å²) >= 11 is 0. The van der Waals surface area contributed by atoms with Crippen LogP contribution in [0.5, 0.6) is 0 Å². The molecule has 2 rings (SSSR count). The number of aliphatic hydroxyl groups is 4. The number of aliphatic hydroxyl groups excluding tert-OH is 1. The molecule has 2 fully saturated rings. The molecule has 0 aromatic heterocycles. The molecule has 0 bridgehead atoms. The van der Waals surface area contributed by atoms with Gasteiger partial charge in [-0.3, -0.25) is 9.59 Å². The molecule has 2 aliphatic rings. The van der Waals surface area contributed by atoms with E-state index in [0.29, 0.717) is 0 Å². The van der Waals surface area contributed by atoms with Crippen molar-refractivity contribution in [2.45, 2.75) is 50.6 Å². The number of carbonyl (C=O) groups excluding carboxylic acids is 2. The standard InChI is InChI=1S/C12H17O6/c1-8(2)7(15)11(8,17)12(18)9(3,4)10(12,16)6(14)5-13/h6,14,16-18H,1-4H3/t6-,10-,11-,12+/m1/s1. The maximum atomic E-state index is 11.7. The van der Waals surface area contributed by atoms with E-state index in [1.807, 2.05) is 0 Å². The summed E-state index contributed by atoms with van der Waals surface area (Å²) in [5, 5.41) is 40.7. The molecule has 2 saturated carbocycles. The largest absolute Gasteiger partial charge is 0.383 e. The molecule has 2 aliphatic carbocycles. The highest BCUT2D eigenvalue weighted by Crippen LogP contribution is 2.78. The van der Waals surface area contributed by atoms with Gasteiger partial charge in [-0.25, -0.2) is 0 Å². The van der Waals surface area contributed by atoms with E-state index >= 15 is 0 Å². The van der Waals surface area contributed by atoms with Gasteiger partial charge in [-0.05, 0) is 13.8 Å². The molecule has 0 heterocycles. The lowest BCUT2D eigenvalue weighted by atomic mass is 9.93. The Hall–Kier alpha value is -0.820. The van der Waals surface area contributed by atoms with E-state index in [1.165, 1.54) is 34.0 Å². The van der Waals surface area contributed by atoms with Crippen LogP contribution in [0.2, 0.25) is 0 Å². The van der Waals surface area contributed by atoms with Crippen molar-refractivity contribution in [3.63, 3.8) is 0 Å². The van der Waals surface area contributed by atoms with Crippen LogP contribution in [0.3, 0.4) is 0 Å². The molecular formula is C12H17O6. The summed E-state index contributed by atoms with van der Waals surface area (Å²) in [5.41, 5.74) is -9.37. The van der Waals surface area contributed by atoms with Gasteiger partial charge < -0.3 is 20.4 Å². The van der Waals surface area contributed by atoms with Crippen LogP contribution < -0.4 is 0 Å². The maximum Gasteiger partial charge on any atom is 0.232 e. The van der Waals surface area contributed by atoms with Crippen molar-refractivity contribution in [2.24, 2.45) is 10.8 Å². The second-order valence-corrected chi connectivity index (χ2v) is 6.29. The van der Waals surface area contributed by atoms with E-state index in [9.17, 15) is 30.0 Å². The molecule has 0 spiro atoms. The van der Waals surface area contributed by atoms with E-state index in [1.54, 1.807) is 0 Å². The lowest BCUT2D eigenvalue weighted by Crippen LogP contribution is -2.49. The fourth-order valence-corrected chi connectivity index (χ4v) is 3.43. The zero-order valence-corrected chi connectivity index (χ0v) is 10.7. The Balaban J connectivity index is 2.54. The fourth-order valence-electron chi connectivity index (χ4n) is 3.43. The highest BCUT2D eigenvalue weighted by atomic mass is 16.4. The first-order valence-electron chi connectivity index (χ1n) is 5.66. The zero-order valence-electron chi connectivity index (χ0n) is 10.7. The predicted octanol–water partition coefficient (Wildman–Crippen LogP) is -1.70. The Morgan fingerprint density at radius 2 is 1.50 bits per heavy atom. The van der Waals surface area contributed by atoms with Crippen molar-refractivity contribution < 1.29 is 30.0 Å². The summed E-state index contributed by atoms with van der Waals surface area (Å²) in [5.74, 6) is -0.625. The van der Waals surface area contributed by atoms with Crippen molar-refractivity contribution in [3.8, 4) is 0 Å². The summed E-state index contributed by atoms with van der Waals surface area (Å²) in [4.78, 5) is 22.3. The smallest absolute Gasteiger partial charge is 0.232 e. The van der Waals surface area contributed by atoms with Crippen LogP contribution in [0.4, 0.5) is 0 Å². The molecule has 4 atom stereocenters. The normalized spacial score (nSPS) is 49.7. The van der Waals surface area contributed by atoms with E-state index in [4.69, 9.17) is 0 Å². The van der Waals surface area contributed by atoms with Crippen molar-refractivity contribution in [1.29, 1.82) is 0 Å². The SMILES string of the molecule is CC1(C)C(=O)[C@]1(O)[C@]1(O)C(C)(C)[C@]1(O)[C@H](O)[C]=O. The minimum absolute atomic E-state index is 0.625. The van der Waals surface area contributed by atoms with E-state index in [0.717, 1.165) is 0 Å². The molecule has 0 aromatic rings. The highest BCUT2D eigenvalue weighted by Gasteiger charge is 3.00. The monoisotopic (exact) mass is 257 g/mol. The number of hydrogen-bond donors (Lipinski definition) is 4. The minimum Gasteiger partial charge on any atom is -0.383 e. The van der Waals surface area contributed by atoms with Crippen LogP contribution >= 0.6 is 0 Å². The van der Waals surface area contributed by atoms with Crippen LogP contribution in [0.15, 0.2) is 0 Å². The average molecular weight is 257 g/mol. The van der Waals surface area contributed by atoms with Gasteiger partial charge in [0.05, 0.1) is 5.41 Å². The fraction of sp³-hybridized carbons (Fsp3) is 0.833. The topological polar surface area (TPSA) is 115 Å². The lowest BCUT2D eigenvalue weighted by Gasteiger charge is -2.23. The molecule has 6 nitrogen and oxygen atoms in total. The Kier molecular flexibility index (Phi) is 2.15. The molecule has 1 radical (unpaired) electrons. The van der Waals surface area contributed by atoms with Crippen LogP contribution in [0.1, 0.15) is 27.7 Å². The number of carbonyl (C=O) groups is 1. The predicted molar refractivity (Wildman–Crippen MR) is 59.1 cm³/mol. The third-order valence-electron chi connectivity index (χ3n) is 5.12. The van der Waals surface area contributed by atoms with Gasteiger partial charge in [0.25, 0.3) is 0 Å².